The van der Waals surface area contributed by atoms with Gasteiger partial charge in [0.2, 0.25) is 17.7 Å². The molecule has 36 N–H and O–H groups in total. The quantitative estimate of drug-likeness (QED) is 0.137. The third-order valence-electron chi connectivity index (χ3n) is 17.7. The Kier molecular flexibility index (Phi) is 50.3. The minimum absolute atomic E-state index is 0.00694. The molecule has 11 aliphatic rings. The molecule has 5 saturated carbocycles. The number of hydrogen-bond donors (Lipinski definition) is 21. The Morgan fingerprint density at radius 1 is 0.389 bits per heavy atom. The van der Waals surface area contributed by atoms with Crippen molar-refractivity contribution in [2.75, 3.05) is 59.0 Å². The predicted molar refractivity (Wildman–Crippen MR) is 365 cm³/mol. The fourth-order valence-electron chi connectivity index (χ4n) is 11.3. The monoisotopic (exact) mass is 1290 g/mol. The van der Waals surface area contributed by atoms with Crippen LogP contribution in [0.5, 0.6) is 0 Å². The number of aliphatic hydroxyl groups excluding tert-OH is 2. The zero-order chi connectivity index (χ0) is 67.1. The lowest BCUT2D eigenvalue weighted by molar-refractivity contribution is -0.123. The van der Waals surface area contributed by atoms with Crippen molar-refractivity contribution < 1.29 is 34.1 Å². The molecule has 90 heavy (non-hydrogen) atoms. The summed E-state index contributed by atoms with van der Waals surface area (Å²) in [7, 11) is 0. The van der Waals surface area contributed by atoms with Gasteiger partial charge in [-0.25, -0.2) is 4.79 Å². The Bertz CT molecular complexity index is 1650. The Morgan fingerprint density at radius 2 is 0.856 bits per heavy atom. The van der Waals surface area contributed by atoms with Crippen molar-refractivity contribution >= 4 is 23.8 Å². The van der Waals surface area contributed by atoms with Gasteiger partial charge in [0, 0.05) is 137 Å². The van der Waals surface area contributed by atoms with E-state index in [1.54, 1.807) is 4.90 Å². The van der Waals surface area contributed by atoms with Crippen LogP contribution in [-0.2, 0) is 19.1 Å². The summed E-state index contributed by atoms with van der Waals surface area (Å²) in [5.74, 6) is 0.280. The third-order valence-corrected chi connectivity index (χ3v) is 17.7. The molecule has 11 unspecified atom stereocenters. The van der Waals surface area contributed by atoms with Gasteiger partial charge < -0.3 is 127 Å². The molecule has 0 bridgehead atoms. The summed E-state index contributed by atoms with van der Waals surface area (Å²) in [5.41, 5.74) is 83.3. The summed E-state index contributed by atoms with van der Waals surface area (Å²) in [5, 5.41) is 29.3. The van der Waals surface area contributed by atoms with Gasteiger partial charge in [-0.05, 0) is 193 Å². The number of hydrogen-bond acceptors (Lipinski definition) is 22. The Balaban J connectivity index is 0.000000496. The molecule has 0 spiro atoms. The zero-order valence-corrected chi connectivity index (χ0v) is 55.7. The first kappa shape index (κ1) is 85.0. The molecule has 6 saturated heterocycles. The molecule has 0 radical (unpaired) electrons. The van der Waals surface area contributed by atoms with Crippen LogP contribution >= 0.6 is 0 Å². The van der Waals surface area contributed by atoms with Crippen LogP contribution in [0, 0.1) is 0 Å². The lowest BCUT2D eigenvalue weighted by Gasteiger charge is -2.28. The van der Waals surface area contributed by atoms with Crippen LogP contribution in [0.15, 0.2) is 0 Å². The third kappa shape index (κ3) is 48.6. The lowest BCUT2D eigenvalue weighted by atomic mass is 9.92. The van der Waals surface area contributed by atoms with Crippen LogP contribution in [-0.4, -0.2) is 195 Å². The molecule has 5 amide bonds. The van der Waals surface area contributed by atoms with E-state index in [0.29, 0.717) is 61.7 Å². The van der Waals surface area contributed by atoms with Crippen LogP contribution in [0.25, 0.3) is 0 Å². The van der Waals surface area contributed by atoms with Crippen molar-refractivity contribution in [3.05, 3.63) is 0 Å². The van der Waals surface area contributed by atoms with Crippen LogP contribution in [0.4, 0.5) is 4.79 Å². The summed E-state index contributed by atoms with van der Waals surface area (Å²) in [6.45, 7) is 7.49. The average Bonchev–Trinajstić information content (AvgIpc) is 4.00. The topological polar surface area (TPSA) is 560 Å². The Labute approximate surface area is 542 Å². The number of nitrogens with zero attached hydrogens (tertiary/aromatic N) is 1. The summed E-state index contributed by atoms with van der Waals surface area (Å²) < 4.78 is 5.06. The first-order valence-electron chi connectivity index (χ1n) is 34.9. The fourth-order valence-corrected chi connectivity index (χ4v) is 11.3. The van der Waals surface area contributed by atoms with Gasteiger partial charge in [0.1, 0.15) is 0 Å². The highest BCUT2D eigenvalue weighted by Gasteiger charge is 2.21. The molecule has 0 aromatic heterocycles. The van der Waals surface area contributed by atoms with Gasteiger partial charge in [-0.3, -0.25) is 14.4 Å². The fraction of sp³-hybridized carbons (Fsp3) is 0.937. The predicted octanol–water partition coefficient (Wildman–Crippen LogP) is -1.10. The molecule has 11 fully saturated rings. The Hall–Kier alpha value is -3.04. The highest BCUT2D eigenvalue weighted by atomic mass is 16.5. The highest BCUT2D eigenvalue weighted by Crippen LogP contribution is 2.19. The number of likely N-dealkylation sites (tertiary alicyclic amines) is 1. The van der Waals surface area contributed by atoms with Crippen LogP contribution in [0.1, 0.15) is 218 Å². The Morgan fingerprint density at radius 3 is 1.24 bits per heavy atom. The second-order valence-corrected chi connectivity index (χ2v) is 26.8. The van der Waals surface area contributed by atoms with Crippen molar-refractivity contribution in [3.63, 3.8) is 0 Å². The van der Waals surface area contributed by atoms with Gasteiger partial charge >= 0.3 is 6.03 Å². The van der Waals surface area contributed by atoms with E-state index in [0.717, 1.165) is 213 Å². The standard InChI is InChI=1S/C6H13N3O.2C6H12N2O.3C6H14N2.2C6H13NO.C5H10N2O.C5H12N2.C5H11NO/c7-5-1-3-9(4-2-5)6(8)10;7-5-1-2-6(9)8-4-3-5;7-5-3-1-2-4-8-6(5)9;7-5-1-2-6(8)4-3-5;7-5-2-1-3-6(8)4-5;7-5-3-1-2-4-6(5)8;7-5-1-3-6(8)4-2-5;7-5-2-1-3-6(8)4-5;6-4-1-2-5(8)7-3-4;2*6-5-2-1-3-7-4-5/h5H,1-4,7H2,(H2,8,10);2*5H,1-4,7H2,(H,8,9);3*5-6H,1-4,7-8H2;2*5-6,8H,1-4,7H2;4H,1-3,6H2,(H,7,8);5,7H,1-4,6H2;5H,1-4,6H2. The van der Waals surface area contributed by atoms with Crippen molar-refractivity contribution in [2.24, 2.45) is 86.0 Å². The number of piperidine rings is 3. The number of amides is 5. The van der Waals surface area contributed by atoms with E-state index in [9.17, 15) is 19.2 Å². The highest BCUT2D eigenvalue weighted by molar-refractivity contribution is 5.81. The van der Waals surface area contributed by atoms with E-state index in [1.807, 2.05) is 0 Å². The zero-order valence-electron chi connectivity index (χ0n) is 55.7. The second-order valence-electron chi connectivity index (χ2n) is 26.8. The van der Waals surface area contributed by atoms with E-state index < -0.39 is 0 Å². The van der Waals surface area contributed by atoms with Crippen molar-refractivity contribution in [2.45, 2.75) is 315 Å². The molecule has 27 heteroatoms. The maximum Gasteiger partial charge on any atom is 0.314 e. The number of urea groups is 1. The van der Waals surface area contributed by atoms with E-state index in [1.165, 1.54) is 44.9 Å². The molecule has 11 rings (SSSR count). The SMILES string of the molecule is NC(=O)N1CCC(N)CC1.NC1CCC(=O)NC1.NC1CCC(N)CC1.NC1CCC(O)CC1.NC1CCCC(N)C1.NC1CCCC(O)C1.NC1CCCCC1N.NC1CCCCNC1=O.NC1CCCNC1.NC1CCCOC1.NC1CCNC(=O)CC1. The van der Waals surface area contributed by atoms with Gasteiger partial charge in [0.05, 0.1) is 24.9 Å². The molecular weight excluding hydrogens is 1150 g/mol. The molecule has 27 nitrogen and oxygen atoms in total. The summed E-state index contributed by atoms with van der Waals surface area (Å²) in [6, 6.07) is 3.67. The van der Waals surface area contributed by atoms with Gasteiger partial charge in [-0.15, -0.1) is 0 Å². The smallest absolute Gasteiger partial charge is 0.314 e. The van der Waals surface area contributed by atoms with Crippen LogP contribution < -0.4 is 107 Å². The second kappa shape index (κ2) is 53.2. The molecule has 6 aliphatic heterocycles. The number of nitrogens with one attached hydrogen (secondary N) is 4. The van der Waals surface area contributed by atoms with Gasteiger partial charge in [-0.2, -0.15) is 0 Å². The molecule has 5 aliphatic carbocycles. The van der Waals surface area contributed by atoms with Gasteiger partial charge in [0.25, 0.3) is 0 Å². The number of aliphatic hydroxyl groups is 2. The van der Waals surface area contributed by atoms with E-state index >= 15 is 0 Å². The average molecular weight is 1290 g/mol. The largest absolute Gasteiger partial charge is 0.393 e. The number of carbonyl (C=O) groups is 4. The van der Waals surface area contributed by atoms with Gasteiger partial charge in [-0.1, -0.05) is 19.3 Å². The number of ether oxygens (including phenoxy) is 1. The molecule has 0 aromatic rings. The van der Waals surface area contributed by atoms with Crippen molar-refractivity contribution in [1.29, 1.82) is 0 Å². The summed E-state index contributed by atoms with van der Waals surface area (Å²) in [4.78, 5) is 44.1. The van der Waals surface area contributed by atoms with Crippen molar-refractivity contribution in [1.82, 2.24) is 26.2 Å². The van der Waals surface area contributed by atoms with Crippen LogP contribution in [0.2, 0.25) is 0 Å². The molecule has 532 valence electrons. The maximum absolute atomic E-state index is 10.8. The maximum atomic E-state index is 10.8. The normalized spacial score (nSPS) is 33.6. The minimum Gasteiger partial charge on any atom is -0.393 e. The molecular formula is C63H138N20O7. The number of nitrogens with two attached hydrogens (primary N) is 15. The first-order valence-corrected chi connectivity index (χ1v) is 34.9. The number of primary amides is 1. The van der Waals surface area contributed by atoms with Gasteiger partial charge in [0.15, 0.2) is 0 Å². The molecule has 11 atom stereocenters. The minimum atomic E-state index is -0.327. The van der Waals surface area contributed by atoms with E-state index in [2.05, 4.69) is 21.3 Å². The van der Waals surface area contributed by atoms with Crippen LogP contribution in [0.3, 0.4) is 0 Å². The summed E-state index contributed by atoms with van der Waals surface area (Å²) >= 11 is 0. The first-order chi connectivity index (χ1) is 42.8. The lowest BCUT2D eigenvalue weighted by Crippen LogP contribution is -2.45. The van der Waals surface area contributed by atoms with Crippen molar-refractivity contribution in [3.8, 4) is 0 Å². The number of rotatable bonds is 0. The molecule has 6 heterocycles. The number of carbonyl (C=O) groups excluding carboxylic acids is 4. The van der Waals surface area contributed by atoms with E-state index in [-0.39, 0.29) is 78.3 Å². The molecule has 0 aromatic carbocycles. The van der Waals surface area contributed by atoms with E-state index in [4.69, 9.17) is 101 Å². The summed E-state index contributed by atoms with van der Waals surface area (Å²) in [6.07, 6.45) is 34.8.